The molecule has 30 heavy (non-hydrogen) atoms. The molecule has 10 heteroatoms. The number of carboxylic acid groups (broad SMARTS) is 1. The first-order valence-corrected chi connectivity index (χ1v) is 9.43. The van der Waals surface area contributed by atoms with Crippen molar-refractivity contribution in [1.29, 1.82) is 0 Å². The third-order valence-electron chi connectivity index (χ3n) is 5.14. The van der Waals surface area contributed by atoms with E-state index in [2.05, 4.69) is 20.6 Å². The number of ether oxygens (including phenoxy) is 1. The van der Waals surface area contributed by atoms with E-state index >= 15 is 0 Å². The van der Waals surface area contributed by atoms with Crippen LogP contribution >= 0.6 is 0 Å². The Kier molecular flexibility index (Phi) is 5.34. The van der Waals surface area contributed by atoms with Crippen LogP contribution in [0.25, 0.3) is 6.08 Å². The number of aromatic hydroxyl groups is 1. The molecule has 0 bridgehead atoms. The molecule has 1 amide bonds. The average molecular weight is 411 g/mol. The number of anilines is 1. The van der Waals surface area contributed by atoms with Gasteiger partial charge in [0, 0.05) is 31.4 Å². The molecule has 2 aliphatic heterocycles. The lowest BCUT2D eigenvalue weighted by atomic mass is 9.97. The third kappa shape index (κ3) is 3.70. The minimum Gasteiger partial charge on any atom is -0.506 e. The maximum absolute atomic E-state index is 13.4. The van der Waals surface area contributed by atoms with Gasteiger partial charge in [-0.05, 0) is 23.8 Å². The molecule has 10 nitrogen and oxygen atoms in total. The number of hydrogen-bond acceptors (Lipinski definition) is 8. The first-order chi connectivity index (χ1) is 14.5. The lowest BCUT2D eigenvalue weighted by Gasteiger charge is -2.44. The Morgan fingerprint density at radius 1 is 1.23 bits per heavy atom. The van der Waals surface area contributed by atoms with Gasteiger partial charge < -0.3 is 25.6 Å². The Morgan fingerprint density at radius 3 is 2.73 bits per heavy atom. The summed E-state index contributed by atoms with van der Waals surface area (Å²) in [5, 5.41) is 25.1. The normalized spacial score (nSPS) is 20.8. The van der Waals surface area contributed by atoms with Gasteiger partial charge in [0.05, 0.1) is 31.3 Å². The quantitative estimate of drug-likeness (QED) is 0.559. The number of pyridine rings is 2. The zero-order valence-electron chi connectivity index (χ0n) is 16.0. The van der Waals surface area contributed by atoms with Crippen LogP contribution in [0.5, 0.6) is 5.75 Å². The summed E-state index contributed by atoms with van der Waals surface area (Å²) in [7, 11) is 0. The topological polar surface area (TPSA) is 137 Å². The van der Waals surface area contributed by atoms with Crippen LogP contribution in [0.2, 0.25) is 0 Å². The zero-order valence-corrected chi connectivity index (χ0v) is 16.0. The third-order valence-corrected chi connectivity index (χ3v) is 5.14. The van der Waals surface area contributed by atoms with Crippen molar-refractivity contribution in [2.24, 2.45) is 0 Å². The number of aromatic carboxylic acids is 1. The van der Waals surface area contributed by atoms with E-state index in [9.17, 15) is 14.7 Å². The molecule has 1 atom stereocenters. The first kappa shape index (κ1) is 19.8. The molecule has 4 rings (SSSR count). The van der Waals surface area contributed by atoms with Gasteiger partial charge in [0.25, 0.3) is 5.91 Å². The van der Waals surface area contributed by atoms with E-state index in [-0.39, 0.29) is 23.9 Å². The SMILES string of the molecule is O=C(O)c1ccc(CNC(=O)C2(N3CCOCC3)C=Cc3c(O)cncc3N2)cn1. The molecule has 2 aromatic rings. The molecule has 0 spiro atoms. The zero-order chi connectivity index (χ0) is 21.1. The predicted molar refractivity (Wildman–Crippen MR) is 107 cm³/mol. The van der Waals surface area contributed by atoms with Crippen LogP contribution in [-0.2, 0) is 16.1 Å². The van der Waals surface area contributed by atoms with Gasteiger partial charge in [0.1, 0.15) is 11.4 Å². The lowest BCUT2D eigenvalue weighted by Crippen LogP contribution is -2.65. The Hall–Kier alpha value is -3.50. The van der Waals surface area contributed by atoms with Gasteiger partial charge in [-0.3, -0.25) is 14.7 Å². The molecule has 1 saturated heterocycles. The van der Waals surface area contributed by atoms with Crippen molar-refractivity contribution in [2.45, 2.75) is 12.2 Å². The Balaban J connectivity index is 1.57. The van der Waals surface area contributed by atoms with Crippen LogP contribution in [0.15, 0.2) is 36.8 Å². The smallest absolute Gasteiger partial charge is 0.354 e. The van der Waals surface area contributed by atoms with Gasteiger partial charge in [-0.1, -0.05) is 6.07 Å². The van der Waals surface area contributed by atoms with Crippen LogP contribution in [0.3, 0.4) is 0 Å². The van der Waals surface area contributed by atoms with Crippen LogP contribution in [0.4, 0.5) is 5.69 Å². The van der Waals surface area contributed by atoms with E-state index in [0.717, 1.165) is 0 Å². The van der Waals surface area contributed by atoms with Crippen LogP contribution < -0.4 is 10.6 Å². The van der Waals surface area contributed by atoms with E-state index in [1.165, 1.54) is 18.5 Å². The van der Waals surface area contributed by atoms with Crippen LogP contribution in [0, 0.1) is 0 Å². The van der Waals surface area contributed by atoms with Gasteiger partial charge in [-0.25, -0.2) is 9.78 Å². The monoisotopic (exact) mass is 411 g/mol. The number of carboxylic acids is 1. The number of morpholine rings is 1. The minimum atomic E-state index is -1.18. The molecule has 2 aliphatic rings. The summed E-state index contributed by atoms with van der Waals surface area (Å²) < 4.78 is 5.43. The second-order valence-electron chi connectivity index (χ2n) is 6.98. The Morgan fingerprint density at radius 2 is 2.03 bits per heavy atom. The van der Waals surface area contributed by atoms with Gasteiger partial charge >= 0.3 is 5.97 Å². The number of fused-ring (bicyclic) bond motifs is 1. The number of amides is 1. The Bertz CT molecular complexity index is 988. The molecule has 156 valence electrons. The standard InChI is InChI=1S/C20H21N5O5/c26-17-12-21-11-16-14(17)3-4-20(24-16,25-5-7-30-8-6-25)19(29)23-10-13-1-2-15(18(27)28)22-9-13/h1-4,9,11-12,24,26H,5-8,10H2,(H,23,29)(H,27,28). The fourth-order valence-corrected chi connectivity index (χ4v) is 3.53. The van der Waals surface area contributed by atoms with E-state index in [0.29, 0.717) is 43.1 Å². The highest BCUT2D eigenvalue weighted by Gasteiger charge is 2.44. The predicted octanol–water partition coefficient (Wildman–Crippen LogP) is 0.664. The summed E-state index contributed by atoms with van der Waals surface area (Å²) in [5.74, 6) is -1.38. The summed E-state index contributed by atoms with van der Waals surface area (Å²) in [4.78, 5) is 34.1. The maximum atomic E-state index is 13.4. The van der Waals surface area contributed by atoms with Gasteiger partial charge in [-0.15, -0.1) is 0 Å². The van der Waals surface area contributed by atoms with Crippen molar-refractivity contribution >= 4 is 23.6 Å². The first-order valence-electron chi connectivity index (χ1n) is 9.43. The number of carbonyl (C=O) groups is 2. The molecule has 0 aromatic carbocycles. The molecule has 0 radical (unpaired) electrons. The highest BCUT2D eigenvalue weighted by molar-refractivity contribution is 5.95. The number of aromatic nitrogens is 2. The molecule has 4 heterocycles. The highest BCUT2D eigenvalue weighted by Crippen LogP contribution is 2.35. The van der Waals surface area contributed by atoms with Gasteiger partial charge in [0.2, 0.25) is 0 Å². The Labute approximate surface area is 172 Å². The minimum absolute atomic E-state index is 0.0248. The summed E-state index contributed by atoms with van der Waals surface area (Å²) in [6, 6.07) is 3.00. The van der Waals surface area contributed by atoms with Crippen molar-refractivity contribution in [2.75, 3.05) is 31.6 Å². The summed E-state index contributed by atoms with van der Waals surface area (Å²) in [6.45, 7) is 2.26. The summed E-state index contributed by atoms with van der Waals surface area (Å²) in [6.07, 6.45) is 7.77. The second kappa shape index (κ2) is 8.09. The van der Waals surface area contributed by atoms with E-state index in [4.69, 9.17) is 9.84 Å². The van der Waals surface area contributed by atoms with Gasteiger partial charge in [0.15, 0.2) is 5.66 Å². The van der Waals surface area contributed by atoms with Crippen molar-refractivity contribution in [1.82, 2.24) is 20.2 Å². The number of nitrogens with one attached hydrogen (secondary N) is 2. The fourth-order valence-electron chi connectivity index (χ4n) is 3.53. The summed E-state index contributed by atoms with van der Waals surface area (Å²) in [5.41, 5.74) is 0.545. The second-order valence-corrected chi connectivity index (χ2v) is 6.98. The molecule has 1 fully saturated rings. The van der Waals surface area contributed by atoms with Crippen molar-refractivity contribution < 1.29 is 24.5 Å². The maximum Gasteiger partial charge on any atom is 0.354 e. The molecular weight excluding hydrogens is 390 g/mol. The van der Waals surface area contributed by atoms with E-state index in [1.807, 2.05) is 4.90 Å². The van der Waals surface area contributed by atoms with Crippen molar-refractivity contribution in [3.63, 3.8) is 0 Å². The van der Waals surface area contributed by atoms with Gasteiger partial charge in [-0.2, -0.15) is 0 Å². The van der Waals surface area contributed by atoms with E-state index < -0.39 is 11.6 Å². The van der Waals surface area contributed by atoms with E-state index in [1.54, 1.807) is 24.4 Å². The molecule has 1 unspecified atom stereocenters. The van der Waals surface area contributed by atoms with Crippen molar-refractivity contribution in [3.8, 4) is 5.75 Å². The molecule has 2 aromatic heterocycles. The van der Waals surface area contributed by atoms with Crippen molar-refractivity contribution in [3.05, 3.63) is 53.6 Å². The number of nitrogens with zero attached hydrogens (tertiary/aromatic N) is 3. The largest absolute Gasteiger partial charge is 0.506 e. The molecule has 4 N–H and O–H groups in total. The molecule has 0 aliphatic carbocycles. The fraction of sp³-hybridized carbons (Fsp3) is 0.300. The molecular formula is C20H21N5O5. The summed E-state index contributed by atoms with van der Waals surface area (Å²) >= 11 is 0. The number of rotatable bonds is 5. The molecule has 0 saturated carbocycles. The lowest BCUT2D eigenvalue weighted by molar-refractivity contribution is -0.131. The van der Waals surface area contributed by atoms with Crippen LogP contribution in [0.1, 0.15) is 21.6 Å². The number of carbonyl (C=O) groups excluding carboxylic acids is 1. The highest BCUT2D eigenvalue weighted by atomic mass is 16.5. The van der Waals surface area contributed by atoms with Crippen LogP contribution in [-0.4, -0.2) is 68.9 Å². The average Bonchev–Trinajstić information content (AvgIpc) is 2.78. The number of hydrogen-bond donors (Lipinski definition) is 4.